The van der Waals surface area contributed by atoms with Gasteiger partial charge in [-0.25, -0.2) is 4.98 Å². The minimum atomic E-state index is -0.160. The van der Waals surface area contributed by atoms with E-state index in [1.54, 1.807) is 0 Å². The molecule has 0 saturated heterocycles. The quantitative estimate of drug-likeness (QED) is 0.160. The molecule has 0 fully saturated rings. The number of allylic oxidation sites excluding steroid dienone is 2. The zero-order valence-electron chi connectivity index (χ0n) is 39.6. The van der Waals surface area contributed by atoms with E-state index in [1.807, 2.05) is 6.20 Å². The van der Waals surface area contributed by atoms with Crippen LogP contribution >= 0.6 is 0 Å². The van der Waals surface area contributed by atoms with Crippen molar-refractivity contribution >= 4 is 33.2 Å². The number of hydrogen-bond donors (Lipinski definition) is 0. The molecule has 0 unspecified atom stereocenters. The number of hydrogen-bond acceptors (Lipinski definition) is 4. The summed E-state index contributed by atoms with van der Waals surface area (Å²) in [6.45, 7) is 33.1. The molecule has 0 N–H and O–H groups in total. The van der Waals surface area contributed by atoms with Gasteiger partial charge in [0.1, 0.15) is 17.3 Å². The number of nitrogens with zero attached hydrogens (tertiary/aromatic N) is 4. The summed E-state index contributed by atoms with van der Waals surface area (Å²) in [7, 11) is 0. The Bertz CT molecular complexity index is 2810. The highest BCUT2D eigenvalue weighted by atomic mass is 16.5. The monoisotopic (exact) mass is 823 g/mol. The molecule has 62 heavy (non-hydrogen) atoms. The molecule has 7 aromatic rings. The molecule has 1 aliphatic rings. The first-order valence-electron chi connectivity index (χ1n) is 22.3. The van der Waals surface area contributed by atoms with E-state index in [-0.39, 0.29) is 27.1 Å². The molecule has 0 radical (unpaired) electrons. The maximum Gasteiger partial charge on any atom is 0.137 e. The minimum Gasteiger partial charge on any atom is -0.457 e. The van der Waals surface area contributed by atoms with Crippen molar-refractivity contribution in [2.45, 2.75) is 113 Å². The summed E-state index contributed by atoms with van der Waals surface area (Å²) in [4.78, 5) is 10.0. The lowest BCUT2D eigenvalue weighted by Gasteiger charge is -2.35. The van der Waals surface area contributed by atoms with Gasteiger partial charge in [-0.3, -0.25) is 4.57 Å². The second-order valence-electron chi connectivity index (χ2n) is 22.0. The standard InChI is InChI=1S/C57H66N4O/c1-53(2,3)39-29-30-58-50(34-39)61-48-26-19-18-25-46(48)47-28-27-44(36-49(47)61)62-45-33-41(54(4,5)6)32-43(35-45)60-37-59(51(55(7,8)9)52(60)56(10,11)12)42-24-20-23-40(31-42)57(13,14)38-21-16-15-17-22-38/h15-36H,37H2,1-14H3. The molecule has 0 saturated carbocycles. The zero-order chi connectivity index (χ0) is 44.6. The van der Waals surface area contributed by atoms with Crippen molar-refractivity contribution in [3.05, 3.63) is 167 Å². The summed E-state index contributed by atoms with van der Waals surface area (Å²) in [6, 6.07) is 46.4. The summed E-state index contributed by atoms with van der Waals surface area (Å²) in [5.41, 5.74) is 11.7. The maximum absolute atomic E-state index is 7.02. The van der Waals surface area contributed by atoms with Gasteiger partial charge in [0.05, 0.1) is 17.7 Å². The molecule has 5 aromatic carbocycles. The average Bonchev–Trinajstić information content (AvgIpc) is 3.79. The molecular weight excluding hydrogens is 757 g/mol. The van der Waals surface area contributed by atoms with Crippen LogP contribution in [0.1, 0.15) is 119 Å². The Labute approximate surface area is 371 Å². The maximum atomic E-state index is 7.02. The van der Waals surface area contributed by atoms with Crippen molar-refractivity contribution in [2.75, 3.05) is 16.5 Å². The Morgan fingerprint density at radius 2 is 1.03 bits per heavy atom. The van der Waals surface area contributed by atoms with Crippen LogP contribution in [0.5, 0.6) is 11.5 Å². The van der Waals surface area contributed by atoms with Crippen LogP contribution in [-0.4, -0.2) is 16.2 Å². The first kappa shape index (κ1) is 42.9. The van der Waals surface area contributed by atoms with E-state index < -0.39 is 0 Å². The third kappa shape index (κ3) is 8.03. The highest BCUT2D eigenvalue weighted by Crippen LogP contribution is 2.49. The Morgan fingerprint density at radius 1 is 0.435 bits per heavy atom. The fourth-order valence-corrected chi connectivity index (χ4v) is 9.20. The largest absolute Gasteiger partial charge is 0.457 e. The van der Waals surface area contributed by atoms with Crippen LogP contribution in [0.3, 0.4) is 0 Å². The second-order valence-corrected chi connectivity index (χ2v) is 22.0. The van der Waals surface area contributed by atoms with E-state index in [0.29, 0.717) is 6.67 Å². The molecule has 5 heteroatoms. The van der Waals surface area contributed by atoms with Crippen LogP contribution in [0.15, 0.2) is 145 Å². The first-order chi connectivity index (χ1) is 29.0. The second kappa shape index (κ2) is 15.2. The molecule has 3 heterocycles. The molecule has 0 amide bonds. The fraction of sp³-hybridized carbons (Fsp3) is 0.351. The van der Waals surface area contributed by atoms with E-state index in [2.05, 4.69) is 239 Å². The van der Waals surface area contributed by atoms with Crippen molar-refractivity contribution in [1.82, 2.24) is 9.55 Å². The lowest BCUT2D eigenvalue weighted by molar-refractivity contribution is 0.444. The van der Waals surface area contributed by atoms with Crippen molar-refractivity contribution in [3.8, 4) is 17.3 Å². The third-order valence-corrected chi connectivity index (χ3v) is 12.6. The number of benzene rings is 5. The molecule has 5 nitrogen and oxygen atoms in total. The lowest BCUT2D eigenvalue weighted by atomic mass is 9.78. The van der Waals surface area contributed by atoms with Gasteiger partial charge in [0.15, 0.2) is 0 Å². The smallest absolute Gasteiger partial charge is 0.137 e. The van der Waals surface area contributed by atoms with Crippen molar-refractivity contribution in [2.24, 2.45) is 10.8 Å². The average molecular weight is 823 g/mol. The van der Waals surface area contributed by atoms with Crippen LogP contribution in [0, 0.1) is 10.8 Å². The number of pyridine rings is 1. The fourth-order valence-electron chi connectivity index (χ4n) is 9.20. The van der Waals surface area contributed by atoms with Gasteiger partial charge < -0.3 is 14.5 Å². The Kier molecular flexibility index (Phi) is 10.5. The first-order valence-corrected chi connectivity index (χ1v) is 22.3. The van der Waals surface area contributed by atoms with Crippen LogP contribution in [0.25, 0.3) is 27.6 Å². The van der Waals surface area contributed by atoms with Gasteiger partial charge in [0.25, 0.3) is 0 Å². The summed E-state index contributed by atoms with van der Waals surface area (Å²) in [5.74, 6) is 2.51. The number of aromatic nitrogens is 2. The summed E-state index contributed by atoms with van der Waals surface area (Å²) in [5, 5.41) is 2.36. The van der Waals surface area contributed by atoms with Gasteiger partial charge >= 0.3 is 0 Å². The topological polar surface area (TPSA) is 33.5 Å². The highest BCUT2D eigenvalue weighted by molar-refractivity contribution is 6.09. The van der Waals surface area contributed by atoms with E-state index in [1.165, 1.54) is 50.1 Å². The summed E-state index contributed by atoms with van der Waals surface area (Å²) < 4.78 is 9.30. The van der Waals surface area contributed by atoms with Crippen LogP contribution < -0.4 is 14.5 Å². The van der Waals surface area contributed by atoms with Crippen molar-refractivity contribution < 1.29 is 4.74 Å². The number of ether oxygens (including phenoxy) is 1. The predicted molar refractivity (Wildman–Crippen MR) is 263 cm³/mol. The molecule has 0 atom stereocenters. The Hall–Kier alpha value is -5.81. The van der Waals surface area contributed by atoms with Crippen molar-refractivity contribution in [1.29, 1.82) is 0 Å². The molecule has 0 bridgehead atoms. The van der Waals surface area contributed by atoms with E-state index >= 15 is 0 Å². The molecular formula is C57H66N4O. The molecule has 0 spiro atoms. The van der Waals surface area contributed by atoms with Crippen LogP contribution in [0.4, 0.5) is 11.4 Å². The van der Waals surface area contributed by atoms with Gasteiger partial charge in [-0.1, -0.05) is 158 Å². The SMILES string of the molecule is CC(C)(C)C1=C(C(C)(C)C)N(c2cccc(C(C)(C)c3ccccc3)c2)CN1c1cc(Oc2ccc3c4ccccc4n(-c4cc(C(C)(C)C)ccn4)c3c2)cc(C(C)(C)C)c1. The zero-order valence-corrected chi connectivity index (χ0v) is 39.6. The van der Waals surface area contributed by atoms with Crippen molar-refractivity contribution in [3.63, 3.8) is 0 Å². The van der Waals surface area contributed by atoms with Gasteiger partial charge in [0, 0.05) is 68.1 Å². The predicted octanol–water partition coefficient (Wildman–Crippen LogP) is 15.5. The van der Waals surface area contributed by atoms with Gasteiger partial charge in [-0.2, -0.15) is 0 Å². The van der Waals surface area contributed by atoms with E-state index in [0.717, 1.165) is 34.0 Å². The van der Waals surface area contributed by atoms with Gasteiger partial charge in [-0.05, 0) is 87.7 Å². The number of fused-ring (bicyclic) bond motifs is 3. The minimum absolute atomic E-state index is 0.00805. The number of para-hydroxylation sites is 1. The van der Waals surface area contributed by atoms with E-state index in [4.69, 9.17) is 9.72 Å². The van der Waals surface area contributed by atoms with E-state index in [9.17, 15) is 0 Å². The van der Waals surface area contributed by atoms with Gasteiger partial charge in [0.2, 0.25) is 0 Å². The molecule has 2 aromatic heterocycles. The molecule has 320 valence electrons. The number of rotatable bonds is 7. The normalized spacial score (nSPS) is 14.4. The van der Waals surface area contributed by atoms with Crippen LogP contribution in [-0.2, 0) is 16.2 Å². The lowest BCUT2D eigenvalue weighted by Crippen LogP contribution is -2.31. The molecule has 8 rings (SSSR count). The third-order valence-electron chi connectivity index (χ3n) is 12.6. The van der Waals surface area contributed by atoms with Gasteiger partial charge in [-0.15, -0.1) is 0 Å². The number of anilines is 2. The highest BCUT2D eigenvalue weighted by Gasteiger charge is 2.42. The summed E-state index contributed by atoms with van der Waals surface area (Å²) in [6.07, 6.45) is 1.93. The van der Waals surface area contributed by atoms with Crippen LogP contribution in [0.2, 0.25) is 0 Å². The molecule has 0 aliphatic carbocycles. The summed E-state index contributed by atoms with van der Waals surface area (Å²) >= 11 is 0. The Morgan fingerprint density at radius 3 is 1.69 bits per heavy atom. The molecule has 1 aliphatic heterocycles. The Balaban J connectivity index is 1.24.